The van der Waals surface area contributed by atoms with Gasteiger partial charge in [-0.25, -0.2) is 14.8 Å². The molecule has 0 saturated heterocycles. The fraction of sp³-hybridized carbons (Fsp3) is 0.267. The van der Waals surface area contributed by atoms with E-state index in [-0.39, 0.29) is 0 Å². The monoisotopic (exact) mass is 301 g/mol. The minimum Gasteiger partial charge on any atom is -0.478 e. The van der Waals surface area contributed by atoms with Gasteiger partial charge < -0.3 is 9.67 Å². The molecule has 0 spiro atoms. The number of fused-ring (bicyclic) bond motifs is 1. The van der Waals surface area contributed by atoms with Gasteiger partial charge in [0, 0.05) is 24.8 Å². The summed E-state index contributed by atoms with van der Waals surface area (Å²) in [5.74, 6) is -0.00742. The van der Waals surface area contributed by atoms with Crippen LogP contribution in [0.15, 0.2) is 29.1 Å². The summed E-state index contributed by atoms with van der Waals surface area (Å²) in [4.78, 5) is 20.3. The number of hydrogen-bond acceptors (Lipinski definition) is 4. The van der Waals surface area contributed by atoms with Crippen LogP contribution in [0.3, 0.4) is 0 Å². The molecule has 2 heterocycles. The summed E-state index contributed by atoms with van der Waals surface area (Å²) in [5, 5.41) is 11.4. The maximum atomic E-state index is 11.4. The van der Waals surface area contributed by atoms with Crippen molar-refractivity contribution >= 4 is 28.3 Å². The fourth-order valence-electron chi connectivity index (χ4n) is 2.50. The van der Waals surface area contributed by atoms with Gasteiger partial charge >= 0.3 is 5.97 Å². The van der Waals surface area contributed by atoms with E-state index in [2.05, 4.69) is 9.97 Å². The van der Waals surface area contributed by atoms with E-state index in [0.29, 0.717) is 17.6 Å². The van der Waals surface area contributed by atoms with Gasteiger partial charge in [-0.05, 0) is 12.1 Å². The van der Waals surface area contributed by atoms with Crippen LogP contribution in [0.4, 0.5) is 0 Å². The van der Waals surface area contributed by atoms with Crippen molar-refractivity contribution in [2.75, 3.05) is 0 Å². The first-order chi connectivity index (χ1) is 10.2. The highest BCUT2D eigenvalue weighted by Crippen LogP contribution is 2.22. The number of carboxylic acids is 1. The van der Waals surface area contributed by atoms with Crippen LogP contribution in [-0.2, 0) is 19.4 Å². The van der Waals surface area contributed by atoms with Crippen molar-refractivity contribution in [1.82, 2.24) is 14.5 Å². The number of nitrogens with zero attached hydrogens (tertiary/aromatic N) is 3. The van der Waals surface area contributed by atoms with Crippen molar-refractivity contribution in [3.8, 4) is 0 Å². The number of aryl methyl sites for hydroxylation is 3. The minimum atomic E-state index is -0.918. The third-order valence-electron chi connectivity index (χ3n) is 3.47. The molecule has 0 radical (unpaired) electrons. The molecule has 3 aromatic rings. The van der Waals surface area contributed by atoms with Gasteiger partial charge in [0.05, 0.1) is 27.8 Å². The summed E-state index contributed by atoms with van der Waals surface area (Å²) in [5.41, 5.74) is 4.59. The van der Waals surface area contributed by atoms with Gasteiger partial charge in [-0.1, -0.05) is 13.0 Å². The van der Waals surface area contributed by atoms with E-state index >= 15 is 0 Å². The number of thiazole rings is 1. The molecule has 108 valence electrons. The fourth-order valence-corrected chi connectivity index (χ4v) is 3.10. The summed E-state index contributed by atoms with van der Waals surface area (Å²) < 4.78 is 2.01. The molecule has 1 N–H and O–H groups in total. The number of para-hydroxylation sites is 1. The van der Waals surface area contributed by atoms with E-state index in [0.717, 1.165) is 29.9 Å². The number of imidazole rings is 1. The predicted molar refractivity (Wildman–Crippen MR) is 81.9 cm³/mol. The Morgan fingerprint density at radius 2 is 2.29 bits per heavy atom. The Balaban J connectivity index is 2.07. The molecule has 3 rings (SSSR count). The highest BCUT2D eigenvalue weighted by atomic mass is 32.1. The molecule has 0 atom stereocenters. The van der Waals surface area contributed by atoms with E-state index in [9.17, 15) is 9.90 Å². The molecule has 1 aromatic carbocycles. The van der Waals surface area contributed by atoms with Crippen LogP contribution < -0.4 is 0 Å². The first-order valence-corrected chi connectivity index (χ1v) is 7.73. The lowest BCUT2D eigenvalue weighted by atomic mass is 10.2. The standard InChI is InChI=1S/C15H15N3O2S/c1-2-13-17-12-5-3-4-11(15(19)20)14(12)18(13)7-6-10-8-21-9-16-10/h3-5,8-9H,2,6-7H2,1H3,(H,19,20). The number of carbonyl (C=O) groups is 1. The van der Waals surface area contributed by atoms with Gasteiger partial charge in [0.2, 0.25) is 0 Å². The molecule has 0 amide bonds. The zero-order chi connectivity index (χ0) is 14.8. The zero-order valence-corrected chi connectivity index (χ0v) is 12.4. The minimum absolute atomic E-state index is 0.304. The summed E-state index contributed by atoms with van der Waals surface area (Å²) >= 11 is 1.57. The maximum Gasteiger partial charge on any atom is 0.337 e. The molecule has 6 heteroatoms. The van der Waals surface area contributed by atoms with Gasteiger partial charge in [-0.15, -0.1) is 11.3 Å². The highest BCUT2D eigenvalue weighted by Gasteiger charge is 2.16. The van der Waals surface area contributed by atoms with Crippen LogP contribution >= 0.6 is 11.3 Å². The van der Waals surface area contributed by atoms with Crippen molar-refractivity contribution in [3.63, 3.8) is 0 Å². The third-order valence-corrected chi connectivity index (χ3v) is 4.10. The first-order valence-electron chi connectivity index (χ1n) is 6.79. The Kier molecular flexibility index (Phi) is 3.70. The summed E-state index contributed by atoms with van der Waals surface area (Å²) in [6.07, 6.45) is 1.54. The summed E-state index contributed by atoms with van der Waals surface area (Å²) in [6.45, 7) is 2.72. The molecule has 0 fully saturated rings. The molecule has 0 bridgehead atoms. The third kappa shape index (κ3) is 2.54. The van der Waals surface area contributed by atoms with Crippen LogP contribution in [0.5, 0.6) is 0 Å². The second-order valence-corrected chi connectivity index (χ2v) is 5.46. The van der Waals surface area contributed by atoms with Crippen molar-refractivity contribution < 1.29 is 9.90 Å². The second-order valence-electron chi connectivity index (χ2n) is 4.74. The number of rotatable bonds is 5. The molecular weight excluding hydrogens is 286 g/mol. The lowest BCUT2D eigenvalue weighted by Crippen LogP contribution is -2.08. The van der Waals surface area contributed by atoms with Crippen LogP contribution in [-0.4, -0.2) is 25.6 Å². The quantitative estimate of drug-likeness (QED) is 0.786. The number of benzene rings is 1. The molecule has 0 aliphatic rings. The Morgan fingerprint density at radius 3 is 2.95 bits per heavy atom. The average Bonchev–Trinajstić information content (AvgIpc) is 3.11. The predicted octanol–water partition coefficient (Wildman–Crippen LogP) is 3.00. The SMILES string of the molecule is CCc1nc2cccc(C(=O)O)c2n1CCc1cscn1. The Hall–Kier alpha value is -2.21. The van der Waals surface area contributed by atoms with Crippen LogP contribution in [0, 0.1) is 0 Å². The van der Waals surface area contributed by atoms with Crippen molar-refractivity contribution in [2.45, 2.75) is 26.3 Å². The number of aromatic nitrogens is 3. The van der Waals surface area contributed by atoms with Crippen molar-refractivity contribution in [1.29, 1.82) is 0 Å². The van der Waals surface area contributed by atoms with Crippen molar-refractivity contribution in [3.05, 3.63) is 46.2 Å². The normalized spacial score (nSPS) is 11.1. The Labute approximate surface area is 125 Å². The topological polar surface area (TPSA) is 68.0 Å². The second kappa shape index (κ2) is 5.65. The Morgan fingerprint density at radius 1 is 1.43 bits per heavy atom. The maximum absolute atomic E-state index is 11.4. The summed E-state index contributed by atoms with van der Waals surface area (Å²) in [6, 6.07) is 5.23. The number of carboxylic acid groups (broad SMARTS) is 1. The molecule has 5 nitrogen and oxygen atoms in total. The molecule has 0 aliphatic carbocycles. The number of hydrogen-bond donors (Lipinski definition) is 1. The molecule has 0 saturated carbocycles. The first kappa shape index (κ1) is 13.8. The highest BCUT2D eigenvalue weighted by molar-refractivity contribution is 7.07. The van der Waals surface area contributed by atoms with Gasteiger partial charge in [-0.2, -0.15) is 0 Å². The molecule has 0 unspecified atom stereocenters. The van der Waals surface area contributed by atoms with E-state index in [1.807, 2.05) is 28.4 Å². The van der Waals surface area contributed by atoms with E-state index < -0.39 is 5.97 Å². The zero-order valence-electron chi connectivity index (χ0n) is 11.6. The van der Waals surface area contributed by atoms with Crippen LogP contribution in [0.1, 0.15) is 28.8 Å². The van der Waals surface area contributed by atoms with Gasteiger partial charge in [0.1, 0.15) is 5.82 Å². The van der Waals surface area contributed by atoms with E-state index in [1.165, 1.54) is 0 Å². The van der Waals surface area contributed by atoms with Gasteiger partial charge in [0.25, 0.3) is 0 Å². The van der Waals surface area contributed by atoms with E-state index in [4.69, 9.17) is 0 Å². The molecule has 0 aliphatic heterocycles. The summed E-state index contributed by atoms with van der Waals surface area (Å²) in [7, 11) is 0. The molecule has 2 aromatic heterocycles. The van der Waals surface area contributed by atoms with Gasteiger partial charge in [-0.3, -0.25) is 0 Å². The average molecular weight is 301 g/mol. The molecular formula is C15H15N3O2S. The smallest absolute Gasteiger partial charge is 0.337 e. The van der Waals surface area contributed by atoms with Gasteiger partial charge in [0.15, 0.2) is 0 Å². The van der Waals surface area contributed by atoms with Crippen LogP contribution in [0.2, 0.25) is 0 Å². The lowest BCUT2D eigenvalue weighted by Gasteiger charge is -2.08. The largest absolute Gasteiger partial charge is 0.478 e. The molecule has 21 heavy (non-hydrogen) atoms. The Bertz CT molecular complexity index is 778. The number of aromatic carboxylic acids is 1. The van der Waals surface area contributed by atoms with Crippen molar-refractivity contribution in [2.24, 2.45) is 0 Å². The van der Waals surface area contributed by atoms with E-state index in [1.54, 1.807) is 23.5 Å². The van der Waals surface area contributed by atoms with Crippen LogP contribution in [0.25, 0.3) is 11.0 Å². The lowest BCUT2D eigenvalue weighted by molar-refractivity contribution is 0.0698.